The number of carbonyl (C=O) groups excluding carboxylic acids is 1. The summed E-state index contributed by atoms with van der Waals surface area (Å²) < 4.78 is 30.2. The molecule has 0 N–H and O–H groups in total. The first-order valence-corrected chi connectivity index (χ1v) is 5.91. The first-order valence-electron chi connectivity index (χ1n) is 4.58. The lowest BCUT2D eigenvalue weighted by molar-refractivity contribution is -0.139. The van der Waals surface area contributed by atoms with Gasteiger partial charge in [0.1, 0.15) is 4.60 Å². The fraction of sp³-hybridized carbons (Fsp3) is 0.400. The number of nitrogens with zero attached hydrogens (tertiary/aromatic N) is 1. The van der Waals surface area contributed by atoms with Crippen LogP contribution in [0.4, 0.5) is 8.78 Å². The van der Waals surface area contributed by atoms with E-state index in [1.807, 2.05) is 0 Å². The van der Waals surface area contributed by atoms with Crippen molar-refractivity contribution in [3.8, 4) is 0 Å². The summed E-state index contributed by atoms with van der Waals surface area (Å²) >= 11 is 8.59. The summed E-state index contributed by atoms with van der Waals surface area (Å²) in [7, 11) is 1.23. The molecule has 0 aliphatic carbocycles. The molecule has 0 fully saturated rings. The van der Waals surface area contributed by atoms with Crippen LogP contribution in [0.3, 0.4) is 0 Å². The highest BCUT2D eigenvalue weighted by molar-refractivity contribution is 9.10. The fourth-order valence-corrected chi connectivity index (χ4v) is 2.17. The number of carbonyl (C=O) groups is 1. The van der Waals surface area contributed by atoms with Crippen molar-refractivity contribution in [3.05, 3.63) is 27.5 Å². The summed E-state index contributed by atoms with van der Waals surface area (Å²) in [6.07, 6.45) is -1.49. The molecule has 0 amide bonds. The third kappa shape index (κ3) is 3.35. The Bertz CT molecular complexity index is 429. The molecule has 0 radical (unpaired) electrons. The topological polar surface area (TPSA) is 39.2 Å². The molecule has 1 aromatic rings. The molecule has 0 spiro atoms. The molecule has 0 aliphatic rings. The summed E-state index contributed by atoms with van der Waals surface area (Å²) in [5.41, 5.74) is 0.292. The highest BCUT2D eigenvalue weighted by Gasteiger charge is 2.21. The number of esters is 1. The zero-order chi connectivity index (χ0) is 13.0. The predicted molar refractivity (Wildman–Crippen MR) is 62.2 cm³/mol. The Labute approximate surface area is 110 Å². The van der Waals surface area contributed by atoms with Crippen LogP contribution in [0.5, 0.6) is 0 Å². The third-order valence-corrected chi connectivity index (χ3v) is 3.08. The van der Waals surface area contributed by atoms with E-state index in [-0.39, 0.29) is 28.0 Å². The highest BCUT2D eigenvalue weighted by Crippen LogP contribution is 2.32. The molecule has 1 rings (SSSR count). The van der Waals surface area contributed by atoms with Gasteiger partial charge in [-0.3, -0.25) is 4.79 Å². The molecule has 0 saturated carbocycles. The summed E-state index contributed by atoms with van der Waals surface area (Å²) in [6.45, 7) is 0. The van der Waals surface area contributed by atoms with Gasteiger partial charge >= 0.3 is 5.97 Å². The number of halogens is 4. The van der Waals surface area contributed by atoms with Crippen LogP contribution in [-0.2, 0) is 21.8 Å². The number of hydrogen-bond donors (Lipinski definition) is 0. The van der Waals surface area contributed by atoms with Gasteiger partial charge in [0.2, 0.25) is 0 Å². The quantitative estimate of drug-likeness (QED) is 0.484. The normalized spacial score (nSPS) is 10.7. The zero-order valence-electron chi connectivity index (χ0n) is 8.84. The molecule has 1 heterocycles. The van der Waals surface area contributed by atoms with E-state index in [2.05, 4.69) is 25.7 Å². The van der Waals surface area contributed by atoms with Crippen LogP contribution < -0.4 is 0 Å². The molecule has 7 heteroatoms. The lowest BCUT2D eigenvalue weighted by Gasteiger charge is -2.12. The smallest absolute Gasteiger partial charge is 0.310 e. The van der Waals surface area contributed by atoms with Gasteiger partial charge in [0.15, 0.2) is 0 Å². The minimum absolute atomic E-state index is 0.0387. The van der Waals surface area contributed by atoms with Crippen molar-refractivity contribution in [3.63, 3.8) is 0 Å². The van der Waals surface area contributed by atoms with Gasteiger partial charge in [-0.1, -0.05) is 0 Å². The van der Waals surface area contributed by atoms with Crippen LogP contribution in [-0.4, -0.2) is 18.1 Å². The maximum absolute atomic E-state index is 12.8. The van der Waals surface area contributed by atoms with E-state index >= 15 is 0 Å². The first-order chi connectivity index (χ1) is 8.01. The van der Waals surface area contributed by atoms with E-state index in [1.54, 1.807) is 0 Å². The van der Waals surface area contributed by atoms with E-state index in [1.165, 1.54) is 13.3 Å². The highest BCUT2D eigenvalue weighted by atomic mass is 79.9. The third-order valence-electron chi connectivity index (χ3n) is 2.18. The molecule has 0 aromatic carbocycles. The van der Waals surface area contributed by atoms with Crippen molar-refractivity contribution in [2.45, 2.75) is 18.7 Å². The van der Waals surface area contributed by atoms with Crippen LogP contribution >= 0.6 is 27.5 Å². The molecular formula is C10H9BrClF2NO2. The summed E-state index contributed by atoms with van der Waals surface area (Å²) in [4.78, 5) is 14.9. The molecule has 0 bridgehead atoms. The fourth-order valence-electron chi connectivity index (χ4n) is 1.34. The second kappa shape index (κ2) is 6.26. The van der Waals surface area contributed by atoms with E-state index in [0.29, 0.717) is 5.56 Å². The maximum Gasteiger partial charge on any atom is 0.310 e. The molecule has 0 unspecified atom stereocenters. The van der Waals surface area contributed by atoms with Gasteiger partial charge in [-0.2, -0.15) is 0 Å². The molecule has 1 aromatic heterocycles. The predicted octanol–water partition coefficient (Wildman–Crippen LogP) is 3.24. The Balaban J connectivity index is 3.23. The van der Waals surface area contributed by atoms with Crippen molar-refractivity contribution in [1.82, 2.24) is 4.98 Å². The largest absolute Gasteiger partial charge is 0.469 e. The minimum Gasteiger partial charge on any atom is -0.469 e. The molecule has 3 nitrogen and oxygen atoms in total. The Hall–Kier alpha value is -0.750. The molecule has 17 heavy (non-hydrogen) atoms. The lowest BCUT2D eigenvalue weighted by Crippen LogP contribution is -2.09. The molecule has 0 atom stereocenters. The maximum atomic E-state index is 12.8. The van der Waals surface area contributed by atoms with Gasteiger partial charge in [-0.25, -0.2) is 13.8 Å². The number of alkyl halides is 3. The SMILES string of the molecule is COC(=O)Cc1cnc(Br)c(C(F)F)c1CCl. The first kappa shape index (κ1) is 14.3. The number of pyridine rings is 1. The second-order valence-corrected chi connectivity index (χ2v) is 4.17. The van der Waals surface area contributed by atoms with Gasteiger partial charge in [0.05, 0.1) is 19.1 Å². The zero-order valence-corrected chi connectivity index (χ0v) is 11.2. The Morgan fingerprint density at radius 2 is 2.29 bits per heavy atom. The number of rotatable bonds is 4. The standard InChI is InChI=1S/C10H9BrClF2NO2/c1-17-7(16)2-5-4-15-9(11)8(10(13)14)6(5)3-12/h4,10H,2-3H2,1H3. The van der Waals surface area contributed by atoms with Gasteiger partial charge in [-0.05, 0) is 27.1 Å². The van der Waals surface area contributed by atoms with Crippen molar-refractivity contribution in [2.75, 3.05) is 7.11 Å². The van der Waals surface area contributed by atoms with Crippen molar-refractivity contribution >= 4 is 33.5 Å². The molecular weight excluding hydrogens is 319 g/mol. The average molecular weight is 329 g/mol. The summed E-state index contributed by atoms with van der Waals surface area (Å²) in [5.74, 6) is -0.645. The van der Waals surface area contributed by atoms with E-state index in [4.69, 9.17) is 11.6 Å². The average Bonchev–Trinajstić information content (AvgIpc) is 2.30. The number of hydrogen-bond acceptors (Lipinski definition) is 3. The number of methoxy groups -OCH3 is 1. The minimum atomic E-state index is -2.71. The van der Waals surface area contributed by atoms with Crippen molar-refractivity contribution in [1.29, 1.82) is 0 Å². The van der Waals surface area contributed by atoms with E-state index < -0.39 is 12.4 Å². The Morgan fingerprint density at radius 3 is 2.76 bits per heavy atom. The Kier molecular flexibility index (Phi) is 5.27. The summed E-state index contributed by atoms with van der Waals surface area (Å²) in [6, 6.07) is 0. The van der Waals surface area contributed by atoms with Crippen molar-refractivity contribution in [2.24, 2.45) is 0 Å². The van der Waals surface area contributed by atoms with Gasteiger partial charge < -0.3 is 4.74 Å². The van der Waals surface area contributed by atoms with Gasteiger partial charge in [0.25, 0.3) is 6.43 Å². The lowest BCUT2D eigenvalue weighted by atomic mass is 10.0. The van der Waals surface area contributed by atoms with Crippen LogP contribution in [0.15, 0.2) is 10.8 Å². The van der Waals surface area contributed by atoms with Crippen molar-refractivity contribution < 1.29 is 18.3 Å². The molecule has 0 saturated heterocycles. The molecule has 94 valence electrons. The molecule has 0 aliphatic heterocycles. The Morgan fingerprint density at radius 1 is 1.65 bits per heavy atom. The van der Waals surface area contributed by atoms with Gasteiger partial charge in [-0.15, -0.1) is 11.6 Å². The second-order valence-electron chi connectivity index (χ2n) is 3.15. The number of ether oxygens (including phenoxy) is 1. The number of aromatic nitrogens is 1. The van der Waals surface area contributed by atoms with Crippen LogP contribution in [0.25, 0.3) is 0 Å². The summed E-state index contributed by atoms with van der Waals surface area (Å²) in [5, 5.41) is 0. The van der Waals surface area contributed by atoms with E-state index in [0.717, 1.165) is 0 Å². The van der Waals surface area contributed by atoms with Crippen LogP contribution in [0.1, 0.15) is 23.1 Å². The monoisotopic (exact) mass is 327 g/mol. The van der Waals surface area contributed by atoms with E-state index in [9.17, 15) is 13.6 Å². The van der Waals surface area contributed by atoms with Crippen LogP contribution in [0.2, 0.25) is 0 Å². The van der Waals surface area contributed by atoms with Crippen LogP contribution in [0, 0.1) is 0 Å². The van der Waals surface area contributed by atoms with Gasteiger partial charge in [0, 0.05) is 12.1 Å².